The molecular formula is C15H16ClN3O. The second-order valence-electron chi connectivity index (χ2n) is 5.35. The zero-order valence-corrected chi connectivity index (χ0v) is 12.2. The van der Waals surface area contributed by atoms with Crippen molar-refractivity contribution in [3.63, 3.8) is 0 Å². The molecule has 0 aliphatic carbocycles. The minimum absolute atomic E-state index is 0.0184. The molecule has 4 nitrogen and oxygen atoms in total. The van der Waals surface area contributed by atoms with E-state index in [0.29, 0.717) is 11.4 Å². The van der Waals surface area contributed by atoms with E-state index in [9.17, 15) is 4.79 Å². The molecule has 0 fully saturated rings. The fourth-order valence-electron chi connectivity index (χ4n) is 2.65. The number of halogens is 1. The van der Waals surface area contributed by atoms with E-state index in [2.05, 4.69) is 10.4 Å². The molecule has 2 heterocycles. The Morgan fingerprint density at radius 2 is 2.25 bits per heavy atom. The summed E-state index contributed by atoms with van der Waals surface area (Å²) >= 11 is 6.06. The number of carbonyl (C=O) groups is 1. The molecule has 1 amide bonds. The van der Waals surface area contributed by atoms with Gasteiger partial charge in [0.25, 0.3) is 0 Å². The first kappa shape index (κ1) is 13.2. The summed E-state index contributed by atoms with van der Waals surface area (Å²) in [7, 11) is 0. The molecule has 0 radical (unpaired) electrons. The summed E-state index contributed by atoms with van der Waals surface area (Å²) < 4.78 is 1.85. The van der Waals surface area contributed by atoms with Gasteiger partial charge >= 0.3 is 0 Å². The largest absolute Gasteiger partial charge is 0.311 e. The van der Waals surface area contributed by atoms with E-state index in [4.69, 9.17) is 11.6 Å². The first-order valence-electron chi connectivity index (χ1n) is 6.69. The van der Waals surface area contributed by atoms with E-state index in [1.165, 1.54) is 0 Å². The second kappa shape index (κ2) is 4.94. The summed E-state index contributed by atoms with van der Waals surface area (Å²) in [6.45, 7) is 4.09. The first-order chi connectivity index (χ1) is 9.56. The lowest BCUT2D eigenvalue weighted by atomic mass is 9.87. The van der Waals surface area contributed by atoms with Gasteiger partial charge in [0.15, 0.2) is 0 Å². The zero-order chi connectivity index (χ0) is 14.3. The maximum atomic E-state index is 12.0. The SMILES string of the molecule is CC(C)n1ncc2c1NC(=O)C[C@@H]2c1cccc(Cl)c1. The van der Waals surface area contributed by atoms with E-state index in [1.54, 1.807) is 0 Å². The summed E-state index contributed by atoms with van der Waals surface area (Å²) in [5.74, 6) is 0.844. The predicted molar refractivity (Wildman–Crippen MR) is 79.2 cm³/mol. The molecule has 0 saturated heterocycles. The number of amides is 1. The van der Waals surface area contributed by atoms with E-state index in [-0.39, 0.29) is 17.9 Å². The lowest BCUT2D eigenvalue weighted by Gasteiger charge is -2.24. The smallest absolute Gasteiger partial charge is 0.226 e. The summed E-state index contributed by atoms with van der Waals surface area (Å²) in [4.78, 5) is 12.0. The average Bonchev–Trinajstić information content (AvgIpc) is 2.81. The molecule has 0 saturated carbocycles. The molecule has 5 heteroatoms. The highest BCUT2D eigenvalue weighted by molar-refractivity contribution is 6.30. The van der Waals surface area contributed by atoms with Crippen LogP contribution in [0.15, 0.2) is 30.5 Å². The highest BCUT2D eigenvalue weighted by atomic mass is 35.5. The van der Waals surface area contributed by atoms with Crippen LogP contribution in [0.1, 0.15) is 43.4 Å². The third-order valence-electron chi connectivity index (χ3n) is 3.59. The molecule has 20 heavy (non-hydrogen) atoms. The molecule has 0 bridgehead atoms. The van der Waals surface area contributed by atoms with Crippen molar-refractivity contribution in [1.82, 2.24) is 9.78 Å². The van der Waals surface area contributed by atoms with Gasteiger partial charge in [0.05, 0.1) is 6.20 Å². The minimum Gasteiger partial charge on any atom is -0.311 e. The Hall–Kier alpha value is -1.81. The van der Waals surface area contributed by atoms with Crippen LogP contribution in [0.4, 0.5) is 5.82 Å². The van der Waals surface area contributed by atoms with Crippen LogP contribution in [0.2, 0.25) is 5.02 Å². The van der Waals surface area contributed by atoms with Gasteiger partial charge < -0.3 is 5.32 Å². The first-order valence-corrected chi connectivity index (χ1v) is 7.06. The summed E-state index contributed by atoms with van der Waals surface area (Å²) in [5.41, 5.74) is 2.11. The van der Waals surface area contributed by atoms with Crippen LogP contribution >= 0.6 is 11.6 Å². The predicted octanol–water partition coefficient (Wildman–Crippen LogP) is 3.59. The van der Waals surface area contributed by atoms with Crippen LogP contribution < -0.4 is 5.32 Å². The number of benzene rings is 1. The second-order valence-corrected chi connectivity index (χ2v) is 5.78. The van der Waals surface area contributed by atoms with Gasteiger partial charge in [-0.3, -0.25) is 4.79 Å². The fourth-order valence-corrected chi connectivity index (χ4v) is 2.85. The van der Waals surface area contributed by atoms with Gasteiger partial charge in [-0.2, -0.15) is 5.10 Å². The normalized spacial score (nSPS) is 18.0. The van der Waals surface area contributed by atoms with Crippen molar-refractivity contribution in [2.75, 3.05) is 5.32 Å². The van der Waals surface area contributed by atoms with Crippen LogP contribution in [0, 0.1) is 0 Å². The highest BCUT2D eigenvalue weighted by Gasteiger charge is 2.30. The molecule has 3 rings (SSSR count). The monoisotopic (exact) mass is 289 g/mol. The average molecular weight is 290 g/mol. The number of anilines is 1. The Balaban J connectivity index is 2.09. The van der Waals surface area contributed by atoms with Gasteiger partial charge in [-0.15, -0.1) is 0 Å². The standard InChI is InChI=1S/C15H16ClN3O/c1-9(2)19-15-13(8-17-19)12(7-14(20)18-15)10-4-3-5-11(16)6-10/h3-6,8-9,12H,7H2,1-2H3,(H,18,20)/t12-/m1/s1. The van der Waals surface area contributed by atoms with Gasteiger partial charge in [-0.25, -0.2) is 4.68 Å². The molecule has 2 aromatic rings. The highest BCUT2D eigenvalue weighted by Crippen LogP contribution is 2.38. The van der Waals surface area contributed by atoms with Crippen LogP contribution in [-0.4, -0.2) is 15.7 Å². The third-order valence-corrected chi connectivity index (χ3v) is 3.82. The van der Waals surface area contributed by atoms with Crippen LogP contribution in [-0.2, 0) is 4.79 Å². The Kier molecular flexibility index (Phi) is 3.26. The van der Waals surface area contributed by atoms with Gasteiger partial charge in [0, 0.05) is 29.0 Å². The molecule has 0 spiro atoms. The summed E-state index contributed by atoms with van der Waals surface area (Å²) in [6, 6.07) is 7.88. The molecule has 1 N–H and O–H groups in total. The van der Waals surface area contributed by atoms with E-state index < -0.39 is 0 Å². The number of rotatable bonds is 2. The van der Waals surface area contributed by atoms with Gasteiger partial charge in [0.2, 0.25) is 5.91 Å². The quantitative estimate of drug-likeness (QED) is 0.918. The Morgan fingerprint density at radius 3 is 2.95 bits per heavy atom. The zero-order valence-electron chi connectivity index (χ0n) is 11.4. The molecule has 0 unspecified atom stereocenters. The van der Waals surface area contributed by atoms with E-state index in [0.717, 1.165) is 16.9 Å². The maximum Gasteiger partial charge on any atom is 0.226 e. The van der Waals surface area contributed by atoms with Crippen molar-refractivity contribution in [2.24, 2.45) is 0 Å². The lowest BCUT2D eigenvalue weighted by molar-refractivity contribution is -0.116. The van der Waals surface area contributed by atoms with E-state index >= 15 is 0 Å². The van der Waals surface area contributed by atoms with Crippen molar-refractivity contribution in [3.05, 3.63) is 46.6 Å². The molecule has 1 aliphatic rings. The Morgan fingerprint density at radius 1 is 1.45 bits per heavy atom. The molecule has 1 aliphatic heterocycles. The summed E-state index contributed by atoms with van der Waals surface area (Å²) in [6.07, 6.45) is 2.28. The topological polar surface area (TPSA) is 46.9 Å². The number of nitrogens with one attached hydrogen (secondary N) is 1. The number of aromatic nitrogens is 2. The number of carbonyl (C=O) groups excluding carboxylic acids is 1. The number of hydrogen-bond acceptors (Lipinski definition) is 2. The molecule has 1 aromatic heterocycles. The summed E-state index contributed by atoms with van der Waals surface area (Å²) in [5, 5.41) is 8.02. The van der Waals surface area contributed by atoms with Crippen LogP contribution in [0.5, 0.6) is 0 Å². The number of nitrogens with zero attached hydrogens (tertiary/aromatic N) is 2. The van der Waals surface area contributed by atoms with Gasteiger partial charge in [-0.05, 0) is 31.5 Å². The third kappa shape index (κ3) is 2.20. The number of fused-ring (bicyclic) bond motifs is 1. The van der Waals surface area contributed by atoms with Gasteiger partial charge in [0.1, 0.15) is 5.82 Å². The van der Waals surface area contributed by atoms with Crippen molar-refractivity contribution in [2.45, 2.75) is 32.2 Å². The van der Waals surface area contributed by atoms with Crippen molar-refractivity contribution < 1.29 is 4.79 Å². The minimum atomic E-state index is 0.0184. The molecular weight excluding hydrogens is 274 g/mol. The van der Waals surface area contributed by atoms with Crippen LogP contribution in [0.25, 0.3) is 0 Å². The molecule has 1 aromatic carbocycles. The maximum absolute atomic E-state index is 12.0. The Labute approximate surface area is 122 Å². The Bertz CT molecular complexity index is 663. The molecule has 104 valence electrons. The lowest BCUT2D eigenvalue weighted by Crippen LogP contribution is -2.25. The molecule has 1 atom stereocenters. The van der Waals surface area contributed by atoms with Gasteiger partial charge in [-0.1, -0.05) is 23.7 Å². The van der Waals surface area contributed by atoms with Crippen molar-refractivity contribution >= 4 is 23.3 Å². The van der Waals surface area contributed by atoms with E-state index in [1.807, 2.05) is 49.0 Å². The fraction of sp³-hybridized carbons (Fsp3) is 0.333. The number of hydrogen-bond donors (Lipinski definition) is 1. The van der Waals surface area contributed by atoms with Crippen molar-refractivity contribution in [3.8, 4) is 0 Å². The van der Waals surface area contributed by atoms with Crippen LogP contribution in [0.3, 0.4) is 0 Å². The van der Waals surface area contributed by atoms with Crippen molar-refractivity contribution in [1.29, 1.82) is 0 Å².